The van der Waals surface area contributed by atoms with Crippen molar-refractivity contribution in [1.82, 2.24) is 4.98 Å². The molecule has 6 heteroatoms. The van der Waals surface area contributed by atoms with E-state index in [0.717, 1.165) is 23.3 Å². The number of carbonyl (C=O) groups excluding carboxylic acids is 1. The van der Waals surface area contributed by atoms with Gasteiger partial charge in [0.2, 0.25) is 5.91 Å². The molecule has 1 heterocycles. The van der Waals surface area contributed by atoms with E-state index in [9.17, 15) is 9.59 Å². The van der Waals surface area contributed by atoms with Crippen molar-refractivity contribution < 1.29 is 14.7 Å². The first-order valence-corrected chi connectivity index (χ1v) is 7.48. The Balaban J connectivity index is 2.07. The van der Waals surface area contributed by atoms with Crippen molar-refractivity contribution in [3.8, 4) is 0 Å². The van der Waals surface area contributed by atoms with Gasteiger partial charge >= 0.3 is 5.97 Å². The second kappa shape index (κ2) is 6.99. The number of hydrogen-bond acceptors (Lipinski definition) is 4. The smallest absolute Gasteiger partial charge is 0.347 e. The number of nitrogens with zero attached hydrogens (tertiary/aromatic N) is 1. The van der Waals surface area contributed by atoms with Gasteiger partial charge in [0, 0.05) is 0 Å². The highest BCUT2D eigenvalue weighted by Gasteiger charge is 2.17. The van der Waals surface area contributed by atoms with E-state index in [2.05, 4.69) is 10.3 Å². The number of amides is 1. The maximum Gasteiger partial charge on any atom is 0.347 e. The van der Waals surface area contributed by atoms with Gasteiger partial charge in [-0.3, -0.25) is 4.79 Å². The van der Waals surface area contributed by atoms with Crippen LogP contribution in [0.1, 0.15) is 34.3 Å². The predicted octanol–water partition coefficient (Wildman–Crippen LogP) is 2.98. The average Bonchev–Trinajstić information content (AvgIpc) is 2.83. The lowest BCUT2D eigenvalue weighted by atomic mass is 10.1. The van der Waals surface area contributed by atoms with Crippen LogP contribution >= 0.6 is 11.3 Å². The van der Waals surface area contributed by atoms with Crippen molar-refractivity contribution in [1.29, 1.82) is 0 Å². The largest absolute Gasteiger partial charge is 0.477 e. The van der Waals surface area contributed by atoms with E-state index in [4.69, 9.17) is 5.11 Å². The summed E-state index contributed by atoms with van der Waals surface area (Å²) in [5, 5.41) is 12.1. The van der Waals surface area contributed by atoms with Crippen molar-refractivity contribution in [2.24, 2.45) is 0 Å². The van der Waals surface area contributed by atoms with E-state index in [1.165, 1.54) is 0 Å². The first kappa shape index (κ1) is 15.2. The van der Waals surface area contributed by atoms with Gasteiger partial charge in [0.1, 0.15) is 4.88 Å². The van der Waals surface area contributed by atoms with Crippen molar-refractivity contribution in [3.63, 3.8) is 0 Å². The number of benzene rings is 1. The first-order valence-electron chi connectivity index (χ1n) is 6.67. The Morgan fingerprint density at radius 1 is 1.29 bits per heavy atom. The molecule has 2 aromatic rings. The molecule has 21 heavy (non-hydrogen) atoms. The molecule has 5 nitrogen and oxygen atoms in total. The molecule has 0 aliphatic heterocycles. The Kier molecular flexibility index (Phi) is 5.05. The SMILES string of the molecule is CCCc1nc(NC(=O)Cc2ccccc2)sc1C(=O)O. The van der Waals surface area contributed by atoms with Crippen molar-refractivity contribution in [2.45, 2.75) is 26.2 Å². The Hall–Kier alpha value is -2.21. The third kappa shape index (κ3) is 4.13. The number of hydrogen-bond donors (Lipinski definition) is 2. The Bertz CT molecular complexity index is 638. The number of rotatable bonds is 6. The van der Waals surface area contributed by atoms with Gasteiger partial charge in [-0.05, 0) is 12.0 Å². The van der Waals surface area contributed by atoms with Crippen LogP contribution in [0.2, 0.25) is 0 Å². The molecule has 0 saturated carbocycles. The summed E-state index contributed by atoms with van der Waals surface area (Å²) in [5.41, 5.74) is 1.43. The molecule has 1 aromatic heterocycles. The number of nitrogens with one attached hydrogen (secondary N) is 1. The molecule has 2 N–H and O–H groups in total. The molecule has 0 aliphatic rings. The molecular formula is C15H16N2O3S. The van der Waals surface area contributed by atoms with E-state index in [1.54, 1.807) is 0 Å². The summed E-state index contributed by atoms with van der Waals surface area (Å²) in [6, 6.07) is 9.36. The lowest BCUT2D eigenvalue weighted by Crippen LogP contribution is -2.14. The van der Waals surface area contributed by atoms with Crippen molar-refractivity contribution >= 4 is 28.3 Å². The van der Waals surface area contributed by atoms with Crippen LogP contribution in [0.25, 0.3) is 0 Å². The van der Waals surface area contributed by atoms with E-state index in [0.29, 0.717) is 17.2 Å². The summed E-state index contributed by atoms with van der Waals surface area (Å²) < 4.78 is 0. The molecule has 2 rings (SSSR count). The van der Waals surface area contributed by atoms with Crippen LogP contribution in [0.4, 0.5) is 5.13 Å². The fourth-order valence-corrected chi connectivity index (χ4v) is 2.79. The summed E-state index contributed by atoms with van der Waals surface area (Å²) in [6.45, 7) is 1.96. The van der Waals surface area contributed by atoms with Gasteiger partial charge in [-0.15, -0.1) is 0 Å². The minimum Gasteiger partial charge on any atom is -0.477 e. The minimum absolute atomic E-state index is 0.199. The number of thiazole rings is 1. The molecule has 0 unspecified atom stereocenters. The van der Waals surface area contributed by atoms with Crippen molar-refractivity contribution in [3.05, 3.63) is 46.5 Å². The molecule has 1 aromatic carbocycles. The zero-order chi connectivity index (χ0) is 15.2. The molecule has 0 aliphatic carbocycles. The van der Waals surface area contributed by atoms with Gasteiger partial charge in [0.15, 0.2) is 5.13 Å². The van der Waals surface area contributed by atoms with Crippen molar-refractivity contribution in [2.75, 3.05) is 5.32 Å². The summed E-state index contributed by atoms with van der Waals surface area (Å²) in [6.07, 6.45) is 1.64. The average molecular weight is 304 g/mol. The highest BCUT2D eigenvalue weighted by molar-refractivity contribution is 7.17. The van der Waals surface area contributed by atoms with Gasteiger partial charge in [0.05, 0.1) is 12.1 Å². The molecule has 0 atom stereocenters. The highest BCUT2D eigenvalue weighted by atomic mass is 32.1. The summed E-state index contributed by atoms with van der Waals surface area (Å²) in [5.74, 6) is -1.20. The minimum atomic E-state index is -1.00. The van der Waals surface area contributed by atoms with Crippen LogP contribution in [-0.4, -0.2) is 22.0 Å². The third-order valence-electron chi connectivity index (χ3n) is 2.83. The molecule has 0 bridgehead atoms. The van der Waals surface area contributed by atoms with Crippen LogP contribution in [0.15, 0.2) is 30.3 Å². The molecule has 0 saturated heterocycles. The normalized spacial score (nSPS) is 10.3. The Morgan fingerprint density at radius 3 is 2.62 bits per heavy atom. The topological polar surface area (TPSA) is 79.3 Å². The number of aromatic nitrogens is 1. The molecule has 0 fully saturated rings. The zero-order valence-electron chi connectivity index (χ0n) is 11.6. The molecular weight excluding hydrogens is 288 g/mol. The lowest BCUT2D eigenvalue weighted by molar-refractivity contribution is -0.115. The lowest BCUT2D eigenvalue weighted by Gasteiger charge is -2.01. The Morgan fingerprint density at radius 2 is 2.00 bits per heavy atom. The van der Waals surface area contributed by atoms with Crippen LogP contribution in [0.5, 0.6) is 0 Å². The highest BCUT2D eigenvalue weighted by Crippen LogP contribution is 2.24. The summed E-state index contributed by atoms with van der Waals surface area (Å²) >= 11 is 1.00. The van der Waals surface area contributed by atoms with Crippen LogP contribution in [0, 0.1) is 0 Å². The van der Waals surface area contributed by atoms with Gasteiger partial charge in [-0.2, -0.15) is 0 Å². The number of aromatic carboxylic acids is 1. The molecule has 1 amide bonds. The fourth-order valence-electron chi connectivity index (χ4n) is 1.92. The van der Waals surface area contributed by atoms with Crippen LogP contribution in [-0.2, 0) is 17.6 Å². The monoisotopic (exact) mass is 304 g/mol. The van der Waals surface area contributed by atoms with Crippen LogP contribution in [0.3, 0.4) is 0 Å². The summed E-state index contributed by atoms with van der Waals surface area (Å²) in [7, 11) is 0. The van der Waals surface area contributed by atoms with Gasteiger partial charge in [-0.25, -0.2) is 9.78 Å². The maximum atomic E-state index is 11.9. The molecule has 0 spiro atoms. The van der Waals surface area contributed by atoms with E-state index in [1.807, 2.05) is 37.3 Å². The van der Waals surface area contributed by atoms with E-state index in [-0.39, 0.29) is 17.2 Å². The number of carbonyl (C=O) groups is 2. The second-order valence-corrected chi connectivity index (χ2v) is 5.56. The third-order valence-corrected chi connectivity index (χ3v) is 3.83. The van der Waals surface area contributed by atoms with Gasteiger partial charge < -0.3 is 10.4 Å². The fraction of sp³-hybridized carbons (Fsp3) is 0.267. The predicted molar refractivity (Wildman–Crippen MR) is 81.8 cm³/mol. The second-order valence-electron chi connectivity index (χ2n) is 4.56. The quantitative estimate of drug-likeness (QED) is 0.860. The van der Waals surface area contributed by atoms with E-state index < -0.39 is 5.97 Å². The molecule has 0 radical (unpaired) electrons. The Labute approximate surface area is 126 Å². The van der Waals surface area contributed by atoms with Gasteiger partial charge in [0.25, 0.3) is 0 Å². The number of carboxylic acid groups (broad SMARTS) is 1. The van der Waals surface area contributed by atoms with Gasteiger partial charge in [-0.1, -0.05) is 55.0 Å². The first-order chi connectivity index (χ1) is 10.1. The van der Waals surface area contributed by atoms with E-state index >= 15 is 0 Å². The summed E-state index contributed by atoms with van der Waals surface area (Å²) in [4.78, 5) is 27.5. The maximum absolute atomic E-state index is 11.9. The van der Waals surface area contributed by atoms with Crippen LogP contribution < -0.4 is 5.32 Å². The number of anilines is 1. The number of aryl methyl sites for hydroxylation is 1. The number of carboxylic acids is 1. The molecule has 110 valence electrons. The standard InChI is InChI=1S/C15H16N2O3S/c1-2-6-11-13(14(19)20)21-15(16-11)17-12(18)9-10-7-4-3-5-8-10/h3-5,7-8H,2,6,9H2,1H3,(H,19,20)(H,16,17,18). The zero-order valence-corrected chi connectivity index (χ0v) is 12.4.